The highest BCUT2D eigenvalue weighted by Gasteiger charge is 2.64. The number of ether oxygens (including phenoxy) is 3. The molecule has 0 saturated carbocycles. The number of likely N-dealkylation sites (N-methyl/N-ethyl adjacent to an activating group) is 1. The summed E-state index contributed by atoms with van der Waals surface area (Å²) in [5, 5.41) is 0. The van der Waals surface area contributed by atoms with Gasteiger partial charge in [-0.25, -0.2) is 0 Å². The number of benzene rings is 1. The van der Waals surface area contributed by atoms with E-state index in [1.54, 1.807) is 14.2 Å². The van der Waals surface area contributed by atoms with Crippen molar-refractivity contribution in [1.29, 1.82) is 0 Å². The second-order valence-electron chi connectivity index (χ2n) is 7.32. The molecule has 1 aromatic carbocycles. The highest BCUT2D eigenvalue weighted by atomic mass is 16.6. The average molecular weight is 313 g/mol. The molecule has 0 aromatic heterocycles. The standard InChI is InChI=1S/C19H23NO3/c1-20-9-8-19-12-5-7-15(22-3)18(19)23-17-14(21-2)6-4-11(16(17)19)10-13(12)20/h4-7,12-13,15,18H,8-10H2,1-3H3/t12-,13?,15-,18-,19?/m0/s1. The van der Waals surface area contributed by atoms with E-state index >= 15 is 0 Å². The van der Waals surface area contributed by atoms with Crippen LogP contribution in [0.25, 0.3) is 0 Å². The van der Waals surface area contributed by atoms with E-state index in [9.17, 15) is 0 Å². The van der Waals surface area contributed by atoms with Gasteiger partial charge in [0, 0.05) is 30.0 Å². The Morgan fingerprint density at radius 2 is 2.13 bits per heavy atom. The molecule has 2 heterocycles. The number of rotatable bonds is 2. The van der Waals surface area contributed by atoms with E-state index in [4.69, 9.17) is 14.2 Å². The summed E-state index contributed by atoms with van der Waals surface area (Å²) in [5.74, 6) is 2.32. The molecule has 0 amide bonds. The molecule has 2 bridgehead atoms. The third-order valence-electron chi connectivity index (χ3n) is 6.61. The third kappa shape index (κ3) is 1.49. The summed E-state index contributed by atoms with van der Waals surface area (Å²) >= 11 is 0. The molecule has 5 rings (SSSR count). The van der Waals surface area contributed by atoms with Crippen LogP contribution in [0.4, 0.5) is 0 Å². The molecular formula is C19H23NO3. The first kappa shape index (κ1) is 13.9. The first-order valence-electron chi connectivity index (χ1n) is 8.49. The maximum absolute atomic E-state index is 6.52. The molecular weight excluding hydrogens is 290 g/mol. The van der Waals surface area contributed by atoms with Gasteiger partial charge in [-0.05, 0) is 38.1 Å². The van der Waals surface area contributed by atoms with E-state index in [0.29, 0.717) is 12.0 Å². The minimum Gasteiger partial charge on any atom is -0.493 e. The SMILES string of the molecule is COc1ccc2c3c1O[C@H]1[C@@H](OC)C=C[C@H]4C(C2)N(C)CCC341. The van der Waals surface area contributed by atoms with Crippen LogP contribution in [0.15, 0.2) is 24.3 Å². The first-order valence-corrected chi connectivity index (χ1v) is 8.49. The molecule has 2 aliphatic heterocycles. The van der Waals surface area contributed by atoms with Gasteiger partial charge in [-0.1, -0.05) is 18.2 Å². The monoisotopic (exact) mass is 313 g/mol. The molecule has 4 nitrogen and oxygen atoms in total. The van der Waals surface area contributed by atoms with Crippen molar-refractivity contribution in [2.45, 2.75) is 36.5 Å². The summed E-state index contributed by atoms with van der Waals surface area (Å²) in [6.45, 7) is 1.11. The van der Waals surface area contributed by atoms with Crippen molar-refractivity contribution in [1.82, 2.24) is 4.90 Å². The molecule has 1 aromatic rings. The van der Waals surface area contributed by atoms with Crippen LogP contribution in [0.2, 0.25) is 0 Å². The van der Waals surface area contributed by atoms with E-state index in [1.807, 2.05) is 0 Å². The molecule has 2 aliphatic carbocycles. The first-order chi connectivity index (χ1) is 11.2. The smallest absolute Gasteiger partial charge is 0.165 e. The minimum atomic E-state index is 0.0124. The Morgan fingerprint density at radius 1 is 1.26 bits per heavy atom. The number of nitrogens with zero attached hydrogens (tertiary/aromatic N) is 1. The van der Waals surface area contributed by atoms with Crippen molar-refractivity contribution in [2.24, 2.45) is 5.92 Å². The zero-order valence-electron chi connectivity index (χ0n) is 13.9. The minimum absolute atomic E-state index is 0.0124. The van der Waals surface area contributed by atoms with Gasteiger partial charge in [0.25, 0.3) is 0 Å². The lowest BCUT2D eigenvalue weighted by atomic mass is 9.53. The van der Waals surface area contributed by atoms with Crippen LogP contribution in [0, 0.1) is 5.92 Å². The molecule has 5 atom stereocenters. The summed E-state index contributed by atoms with van der Waals surface area (Å²) in [7, 11) is 5.77. The van der Waals surface area contributed by atoms with Gasteiger partial charge in [0.05, 0.1) is 7.11 Å². The van der Waals surface area contributed by atoms with Gasteiger partial charge in [0.15, 0.2) is 11.5 Å². The van der Waals surface area contributed by atoms with Gasteiger partial charge >= 0.3 is 0 Å². The lowest BCUT2D eigenvalue weighted by Crippen LogP contribution is -2.65. The molecule has 0 N–H and O–H groups in total. The highest BCUT2D eigenvalue weighted by molar-refractivity contribution is 5.62. The Bertz CT molecular complexity index is 700. The Hall–Kier alpha value is -1.52. The number of hydrogen-bond acceptors (Lipinski definition) is 4. The van der Waals surface area contributed by atoms with E-state index in [2.05, 4.69) is 36.2 Å². The summed E-state index contributed by atoms with van der Waals surface area (Å²) < 4.78 is 17.9. The van der Waals surface area contributed by atoms with Crippen LogP contribution in [0.5, 0.6) is 11.5 Å². The van der Waals surface area contributed by atoms with Gasteiger partial charge in [-0.15, -0.1) is 0 Å². The fraction of sp³-hybridized carbons (Fsp3) is 0.579. The van der Waals surface area contributed by atoms with Crippen molar-refractivity contribution in [2.75, 3.05) is 27.8 Å². The zero-order valence-corrected chi connectivity index (χ0v) is 13.9. The Kier molecular flexibility index (Phi) is 2.73. The molecule has 1 spiro atoms. The number of likely N-dealkylation sites (tertiary alicyclic amines) is 1. The Balaban J connectivity index is 1.80. The lowest BCUT2D eigenvalue weighted by molar-refractivity contribution is -0.0581. The van der Waals surface area contributed by atoms with Crippen LogP contribution in [-0.2, 0) is 16.6 Å². The fourth-order valence-corrected chi connectivity index (χ4v) is 5.57. The predicted molar refractivity (Wildman–Crippen MR) is 87.3 cm³/mol. The molecule has 4 heteroatoms. The van der Waals surface area contributed by atoms with Crippen molar-refractivity contribution in [3.8, 4) is 11.5 Å². The second-order valence-corrected chi connectivity index (χ2v) is 7.32. The largest absolute Gasteiger partial charge is 0.493 e. The van der Waals surface area contributed by atoms with E-state index in [1.165, 1.54) is 11.1 Å². The van der Waals surface area contributed by atoms with Crippen LogP contribution in [0.3, 0.4) is 0 Å². The van der Waals surface area contributed by atoms with Crippen molar-refractivity contribution >= 4 is 0 Å². The van der Waals surface area contributed by atoms with Gasteiger partial charge in [0.2, 0.25) is 0 Å². The van der Waals surface area contributed by atoms with Gasteiger partial charge in [-0.3, -0.25) is 0 Å². The zero-order chi connectivity index (χ0) is 15.8. The highest BCUT2D eigenvalue weighted by Crippen LogP contribution is 2.62. The van der Waals surface area contributed by atoms with E-state index < -0.39 is 0 Å². The lowest BCUT2D eigenvalue weighted by Gasteiger charge is -2.56. The molecule has 1 fully saturated rings. The van der Waals surface area contributed by atoms with Crippen LogP contribution in [-0.4, -0.2) is 51.0 Å². The van der Waals surface area contributed by atoms with Gasteiger partial charge in [0.1, 0.15) is 12.2 Å². The third-order valence-corrected chi connectivity index (χ3v) is 6.61. The number of piperidine rings is 1. The number of hydrogen-bond donors (Lipinski definition) is 0. The van der Waals surface area contributed by atoms with Crippen molar-refractivity contribution in [3.63, 3.8) is 0 Å². The van der Waals surface area contributed by atoms with E-state index in [0.717, 1.165) is 30.9 Å². The topological polar surface area (TPSA) is 30.9 Å². The molecule has 23 heavy (non-hydrogen) atoms. The van der Waals surface area contributed by atoms with Crippen LogP contribution < -0.4 is 9.47 Å². The quantitative estimate of drug-likeness (QED) is 0.783. The summed E-state index contributed by atoms with van der Waals surface area (Å²) in [6, 6.07) is 4.86. The summed E-state index contributed by atoms with van der Waals surface area (Å²) in [6.07, 6.45) is 6.89. The molecule has 0 radical (unpaired) electrons. The van der Waals surface area contributed by atoms with E-state index in [-0.39, 0.29) is 17.6 Å². The molecule has 122 valence electrons. The Labute approximate surface area is 137 Å². The molecule has 1 saturated heterocycles. The predicted octanol–water partition coefficient (Wildman–Crippen LogP) is 2.16. The van der Waals surface area contributed by atoms with Crippen molar-refractivity contribution < 1.29 is 14.2 Å². The maximum Gasteiger partial charge on any atom is 0.165 e. The van der Waals surface area contributed by atoms with Crippen LogP contribution >= 0.6 is 0 Å². The summed E-state index contributed by atoms with van der Waals surface area (Å²) in [5.41, 5.74) is 2.88. The number of methoxy groups -OCH3 is 2. The van der Waals surface area contributed by atoms with Gasteiger partial charge < -0.3 is 19.1 Å². The maximum atomic E-state index is 6.52. The Morgan fingerprint density at radius 3 is 2.91 bits per heavy atom. The normalized spacial score (nSPS) is 39.8. The van der Waals surface area contributed by atoms with Crippen molar-refractivity contribution in [3.05, 3.63) is 35.4 Å². The molecule has 2 unspecified atom stereocenters. The second kappa shape index (κ2) is 4.52. The summed E-state index contributed by atoms with van der Waals surface area (Å²) in [4.78, 5) is 2.52. The average Bonchev–Trinajstić information content (AvgIpc) is 2.92. The molecule has 4 aliphatic rings. The van der Waals surface area contributed by atoms with Gasteiger partial charge in [-0.2, -0.15) is 0 Å². The fourth-order valence-electron chi connectivity index (χ4n) is 5.57. The van der Waals surface area contributed by atoms with Crippen LogP contribution in [0.1, 0.15) is 17.5 Å².